The molecular formula is C40H71N3O8. The molecule has 11 heteroatoms. The van der Waals surface area contributed by atoms with Gasteiger partial charge in [0.05, 0.1) is 36.9 Å². The molecule has 0 aromatic heterocycles. The Balaban J connectivity index is 2.04. The number of carbonyl (C=O) groups is 2. The fourth-order valence-corrected chi connectivity index (χ4v) is 8.17. The topological polar surface area (TPSA) is 132 Å². The summed E-state index contributed by atoms with van der Waals surface area (Å²) in [6.45, 7) is 19.0. The molecule has 294 valence electrons. The van der Waals surface area contributed by atoms with Crippen molar-refractivity contribution in [2.75, 3.05) is 53.4 Å². The Hall–Kier alpha value is -1.70. The molecule has 3 rings (SSSR count). The lowest BCUT2D eigenvalue weighted by atomic mass is 9.79. The highest BCUT2D eigenvalue weighted by atomic mass is 16.7. The zero-order valence-electron chi connectivity index (χ0n) is 33.1. The lowest BCUT2D eigenvalue weighted by molar-refractivity contribution is -0.304. The van der Waals surface area contributed by atoms with Gasteiger partial charge in [-0.05, 0) is 105 Å². The van der Waals surface area contributed by atoms with E-state index in [0.29, 0.717) is 25.8 Å². The van der Waals surface area contributed by atoms with E-state index >= 15 is 0 Å². The Morgan fingerprint density at radius 2 is 1.63 bits per heavy atom. The number of likely N-dealkylation sites (N-methyl/N-ethyl adjacent to an activating group) is 1. The van der Waals surface area contributed by atoms with Crippen LogP contribution in [-0.2, 0) is 23.8 Å². The first-order chi connectivity index (χ1) is 24.2. The highest BCUT2D eigenvalue weighted by Crippen LogP contribution is 2.35. The molecule has 7 unspecified atom stereocenters. The minimum atomic E-state index is -1.17. The number of aliphatic hydroxyl groups excluding tert-OH is 3. The number of ether oxygens (including phenoxy) is 3. The normalized spacial score (nSPS) is 37.1. The maximum atomic E-state index is 13.7. The van der Waals surface area contributed by atoms with E-state index in [0.717, 1.165) is 51.1 Å². The van der Waals surface area contributed by atoms with E-state index in [1.807, 2.05) is 33.8 Å². The summed E-state index contributed by atoms with van der Waals surface area (Å²) in [4.78, 5) is 33.8. The molecule has 12 atom stereocenters. The molecule has 2 fully saturated rings. The average molecular weight is 722 g/mol. The number of ketones is 1. The molecular weight excluding hydrogens is 650 g/mol. The van der Waals surface area contributed by atoms with Gasteiger partial charge < -0.3 is 44.2 Å². The van der Waals surface area contributed by atoms with Crippen LogP contribution in [0.2, 0.25) is 0 Å². The molecule has 0 aromatic carbocycles. The Labute approximate surface area is 308 Å². The lowest BCUT2D eigenvalue weighted by Crippen LogP contribution is -2.63. The summed E-state index contributed by atoms with van der Waals surface area (Å²) in [5.41, 5.74) is 0.931. The van der Waals surface area contributed by atoms with Crippen LogP contribution in [0.25, 0.3) is 0 Å². The van der Waals surface area contributed by atoms with Crippen LogP contribution in [0.4, 0.5) is 0 Å². The van der Waals surface area contributed by atoms with Crippen LogP contribution in [0.3, 0.4) is 0 Å². The van der Waals surface area contributed by atoms with Crippen molar-refractivity contribution in [3.63, 3.8) is 0 Å². The van der Waals surface area contributed by atoms with Crippen molar-refractivity contribution in [2.24, 2.45) is 23.7 Å². The molecule has 3 N–H and O–H groups in total. The van der Waals surface area contributed by atoms with Crippen LogP contribution < -0.4 is 0 Å². The second-order valence-electron chi connectivity index (χ2n) is 15.7. The van der Waals surface area contributed by atoms with Gasteiger partial charge in [-0.25, -0.2) is 0 Å². The van der Waals surface area contributed by atoms with Crippen molar-refractivity contribution >= 4 is 11.8 Å². The quantitative estimate of drug-likeness (QED) is 0.267. The molecule has 0 spiro atoms. The van der Waals surface area contributed by atoms with E-state index in [4.69, 9.17) is 14.2 Å². The SMILES string of the molecule is CCC1OC(=O)CC(O)C(C)C(O[C@@H]2O[C@H](C)[C@@H](O)[C@H](N(C)C)[C@H]2O)C(CCN2CCCCC2)CC(C)C(=O)C=CC(C)=CC1CN(CC)CC. The molecule has 51 heavy (non-hydrogen) atoms. The predicted molar refractivity (Wildman–Crippen MR) is 200 cm³/mol. The number of esters is 1. The zero-order chi connectivity index (χ0) is 37.8. The van der Waals surface area contributed by atoms with E-state index in [1.165, 1.54) is 6.42 Å². The van der Waals surface area contributed by atoms with Crippen molar-refractivity contribution in [1.29, 1.82) is 0 Å². The second-order valence-corrected chi connectivity index (χ2v) is 15.7. The number of cyclic esters (lactones) is 1. The Bertz CT molecular complexity index is 1120. The minimum absolute atomic E-state index is 0.0156. The van der Waals surface area contributed by atoms with Crippen LogP contribution in [0, 0.1) is 23.7 Å². The second kappa shape index (κ2) is 21.3. The summed E-state index contributed by atoms with van der Waals surface area (Å²) in [7, 11) is 3.59. The van der Waals surface area contributed by atoms with E-state index in [1.54, 1.807) is 32.0 Å². The molecule has 3 heterocycles. The monoisotopic (exact) mass is 722 g/mol. The largest absolute Gasteiger partial charge is 0.462 e. The van der Waals surface area contributed by atoms with Crippen molar-refractivity contribution < 1.29 is 39.1 Å². The Morgan fingerprint density at radius 1 is 0.961 bits per heavy atom. The lowest BCUT2D eigenvalue weighted by Gasteiger charge is -2.47. The molecule has 0 radical (unpaired) electrons. The number of carbonyl (C=O) groups excluding carboxylic acids is 2. The Morgan fingerprint density at radius 3 is 2.24 bits per heavy atom. The van der Waals surface area contributed by atoms with Crippen LogP contribution in [0.5, 0.6) is 0 Å². The summed E-state index contributed by atoms with van der Waals surface area (Å²) in [5, 5.41) is 34.2. The molecule has 0 aliphatic carbocycles. The van der Waals surface area contributed by atoms with Gasteiger partial charge in [0.1, 0.15) is 12.2 Å². The highest BCUT2D eigenvalue weighted by Gasteiger charge is 2.47. The maximum absolute atomic E-state index is 13.7. The van der Waals surface area contributed by atoms with Gasteiger partial charge in [0, 0.05) is 24.3 Å². The van der Waals surface area contributed by atoms with E-state index in [2.05, 4.69) is 29.7 Å². The summed E-state index contributed by atoms with van der Waals surface area (Å²) >= 11 is 0. The van der Waals surface area contributed by atoms with E-state index in [9.17, 15) is 24.9 Å². The predicted octanol–water partition coefficient (Wildman–Crippen LogP) is 4.04. The highest BCUT2D eigenvalue weighted by molar-refractivity contribution is 5.91. The van der Waals surface area contributed by atoms with Gasteiger partial charge in [-0.15, -0.1) is 0 Å². The maximum Gasteiger partial charge on any atom is 0.308 e. The standard InChI is InChI=1S/C40H71N3O8/c1-10-34-31(25-42(11-2)12-3)22-26(4)16-17-32(44)27(5)23-30(18-21-43-19-14-13-15-20-43)39(28(6)33(45)24-35(46)50-34)51-40-38(48)36(41(8)9)37(47)29(7)49-40/h16-17,22,27-31,33-34,36-40,45,47-48H,10-15,18-21,23-25H2,1-9H3/t27?,28?,29-,30?,31?,33?,34?,36+,37-,38-,39?,40+/m1/s1. The number of likely N-dealkylation sites (tertiary alicyclic amines) is 1. The molecule has 3 aliphatic rings. The Kier molecular flexibility index (Phi) is 18.2. The smallest absolute Gasteiger partial charge is 0.308 e. The van der Waals surface area contributed by atoms with Gasteiger partial charge in [0.25, 0.3) is 0 Å². The number of aliphatic hydroxyl groups is 3. The molecule has 11 nitrogen and oxygen atoms in total. The van der Waals surface area contributed by atoms with Gasteiger partial charge in [-0.3, -0.25) is 9.59 Å². The number of piperidine rings is 1. The van der Waals surface area contributed by atoms with Crippen LogP contribution in [-0.4, -0.2) is 144 Å². The third-order valence-corrected chi connectivity index (χ3v) is 11.6. The minimum Gasteiger partial charge on any atom is -0.462 e. The van der Waals surface area contributed by atoms with Crippen LogP contribution in [0.15, 0.2) is 23.8 Å². The third-order valence-electron chi connectivity index (χ3n) is 11.6. The molecule has 0 aromatic rings. The first-order valence-electron chi connectivity index (χ1n) is 19.8. The molecule has 0 bridgehead atoms. The fraction of sp³-hybridized carbons (Fsp3) is 0.850. The van der Waals surface area contributed by atoms with Gasteiger partial charge in [-0.2, -0.15) is 0 Å². The first-order valence-corrected chi connectivity index (χ1v) is 19.8. The van der Waals surface area contributed by atoms with Crippen molar-refractivity contribution in [3.8, 4) is 0 Å². The molecule has 2 saturated heterocycles. The van der Waals surface area contributed by atoms with Gasteiger partial charge >= 0.3 is 5.97 Å². The summed E-state index contributed by atoms with van der Waals surface area (Å²) < 4.78 is 19.0. The van der Waals surface area contributed by atoms with Crippen molar-refractivity contribution in [1.82, 2.24) is 14.7 Å². The molecule has 0 saturated carbocycles. The van der Waals surface area contributed by atoms with Crippen molar-refractivity contribution in [2.45, 2.75) is 142 Å². The van der Waals surface area contributed by atoms with Gasteiger partial charge in [0.15, 0.2) is 12.1 Å². The number of hydrogen-bond acceptors (Lipinski definition) is 11. The first kappa shape index (κ1) is 43.7. The van der Waals surface area contributed by atoms with Crippen LogP contribution in [0.1, 0.15) is 93.4 Å². The molecule has 3 aliphatic heterocycles. The number of allylic oxidation sites excluding steroid dienone is 3. The summed E-state index contributed by atoms with van der Waals surface area (Å²) in [6.07, 6.45) is 4.76. The third kappa shape index (κ3) is 12.7. The number of nitrogens with zero attached hydrogens (tertiary/aromatic N) is 3. The number of rotatable bonds is 11. The fourth-order valence-electron chi connectivity index (χ4n) is 8.17. The van der Waals surface area contributed by atoms with Gasteiger partial charge in [0.2, 0.25) is 0 Å². The van der Waals surface area contributed by atoms with E-state index < -0.39 is 60.8 Å². The summed E-state index contributed by atoms with van der Waals surface area (Å²) in [5.74, 6) is -1.66. The van der Waals surface area contributed by atoms with Crippen LogP contribution >= 0.6 is 0 Å². The van der Waals surface area contributed by atoms with Crippen molar-refractivity contribution in [3.05, 3.63) is 23.8 Å². The molecule has 0 amide bonds. The average Bonchev–Trinajstić information content (AvgIpc) is 3.10. The zero-order valence-corrected chi connectivity index (χ0v) is 33.1. The number of hydrogen-bond donors (Lipinski definition) is 3. The van der Waals surface area contributed by atoms with Gasteiger partial charge in [-0.1, -0.05) is 58.8 Å². The summed E-state index contributed by atoms with van der Waals surface area (Å²) in [6, 6.07) is -0.635. The van der Waals surface area contributed by atoms with E-state index in [-0.39, 0.29) is 30.0 Å².